The van der Waals surface area contributed by atoms with Gasteiger partial charge in [-0.3, -0.25) is 9.59 Å². The molecule has 3 atom stereocenters. The van der Waals surface area contributed by atoms with E-state index in [1.54, 1.807) is 25.7 Å². The number of carbonyl (C=O) groups excluding carboxylic acids is 3. The minimum Gasteiger partial charge on any atom is -0.444 e. The molecule has 0 fully saturated rings. The first-order chi connectivity index (χ1) is 15.6. The third kappa shape index (κ3) is 8.65. The van der Waals surface area contributed by atoms with E-state index in [0.29, 0.717) is 6.42 Å². The largest absolute Gasteiger partial charge is 0.444 e. The Morgan fingerprint density at radius 1 is 0.941 bits per heavy atom. The molecule has 0 saturated heterocycles. The summed E-state index contributed by atoms with van der Waals surface area (Å²) in [6.07, 6.45) is 0.0225. The lowest BCUT2D eigenvalue weighted by Gasteiger charge is -2.39. The topological polar surface area (TPSA) is 87.7 Å². The molecule has 0 aliphatic heterocycles. The van der Waals surface area contributed by atoms with Crippen molar-refractivity contribution in [2.24, 2.45) is 5.92 Å². The van der Waals surface area contributed by atoms with Crippen molar-refractivity contribution in [3.05, 3.63) is 34.9 Å². The summed E-state index contributed by atoms with van der Waals surface area (Å²) in [5.41, 5.74) is 2.08. The van der Waals surface area contributed by atoms with E-state index in [-0.39, 0.29) is 29.8 Å². The van der Waals surface area contributed by atoms with E-state index in [2.05, 4.69) is 10.6 Å². The van der Waals surface area contributed by atoms with Gasteiger partial charge in [0.2, 0.25) is 11.8 Å². The van der Waals surface area contributed by atoms with Crippen LogP contribution in [0.25, 0.3) is 0 Å². The number of ether oxygens (including phenoxy) is 1. The van der Waals surface area contributed by atoms with E-state index in [4.69, 9.17) is 4.74 Å². The first kappa shape index (κ1) is 29.5. The molecule has 0 aromatic heterocycles. The highest BCUT2D eigenvalue weighted by molar-refractivity contribution is 5.92. The van der Waals surface area contributed by atoms with Crippen LogP contribution in [-0.2, 0) is 14.3 Å². The number of hydrogen-bond acceptors (Lipinski definition) is 4. The van der Waals surface area contributed by atoms with Crippen molar-refractivity contribution in [1.29, 1.82) is 0 Å². The zero-order chi connectivity index (χ0) is 26.4. The lowest BCUT2D eigenvalue weighted by atomic mass is 9.93. The molecule has 1 aromatic carbocycles. The third-order valence-corrected chi connectivity index (χ3v) is 5.48. The van der Waals surface area contributed by atoms with Crippen LogP contribution < -0.4 is 10.6 Å². The minimum absolute atomic E-state index is 0.0877. The third-order valence-electron chi connectivity index (χ3n) is 5.48. The molecule has 0 radical (unpaired) electrons. The molecule has 2 N–H and O–H groups in total. The number of aryl methyl sites for hydroxylation is 2. The van der Waals surface area contributed by atoms with E-state index in [1.165, 1.54) is 0 Å². The number of amides is 3. The van der Waals surface area contributed by atoms with Gasteiger partial charge in [0.1, 0.15) is 17.7 Å². The fourth-order valence-electron chi connectivity index (χ4n) is 3.93. The molecule has 7 nitrogen and oxygen atoms in total. The summed E-state index contributed by atoms with van der Waals surface area (Å²) < 4.78 is 5.43. The Morgan fingerprint density at radius 2 is 1.47 bits per heavy atom. The first-order valence-electron chi connectivity index (χ1n) is 12.3. The van der Waals surface area contributed by atoms with E-state index in [1.807, 2.05) is 73.6 Å². The van der Waals surface area contributed by atoms with Crippen LogP contribution in [0.3, 0.4) is 0 Å². The van der Waals surface area contributed by atoms with Crippen LogP contribution in [0.2, 0.25) is 0 Å². The van der Waals surface area contributed by atoms with E-state index < -0.39 is 23.8 Å². The normalized spacial score (nSPS) is 14.4. The molecule has 7 heteroatoms. The van der Waals surface area contributed by atoms with Gasteiger partial charge in [-0.05, 0) is 73.8 Å². The standard InChI is InChI=1S/C27H45N3O4/c1-12-20(8)22(29-26(33)34-27(9,10)11)25(32)30(17(4)5)23(24(31)28-16(2)3)21-14-18(6)13-19(7)15-21/h13-17,20,22-23H,12H2,1-11H3,(H,28,31)(H,29,33). The van der Waals surface area contributed by atoms with Gasteiger partial charge in [0.15, 0.2) is 0 Å². The lowest BCUT2D eigenvalue weighted by Crippen LogP contribution is -2.57. The summed E-state index contributed by atoms with van der Waals surface area (Å²) in [6.45, 7) is 20.7. The smallest absolute Gasteiger partial charge is 0.408 e. The van der Waals surface area contributed by atoms with Gasteiger partial charge in [0.25, 0.3) is 0 Å². The molecule has 3 unspecified atom stereocenters. The quantitative estimate of drug-likeness (QED) is 0.523. The maximum atomic E-state index is 14.0. The number of carbonyl (C=O) groups is 3. The van der Waals surface area contributed by atoms with Gasteiger partial charge in [0, 0.05) is 12.1 Å². The van der Waals surface area contributed by atoms with E-state index >= 15 is 0 Å². The highest BCUT2D eigenvalue weighted by Crippen LogP contribution is 2.28. The molecule has 0 aliphatic rings. The SMILES string of the molecule is CCC(C)C(NC(=O)OC(C)(C)C)C(=O)N(C(C)C)C(C(=O)NC(C)C)c1cc(C)cc(C)c1. The fourth-order valence-corrected chi connectivity index (χ4v) is 3.93. The Bertz CT molecular complexity index is 838. The molecule has 1 aromatic rings. The molecule has 0 heterocycles. The van der Waals surface area contributed by atoms with Gasteiger partial charge in [-0.15, -0.1) is 0 Å². The van der Waals surface area contributed by atoms with Crippen LogP contribution in [0.15, 0.2) is 18.2 Å². The summed E-state index contributed by atoms with van der Waals surface area (Å²) in [5, 5.41) is 5.76. The van der Waals surface area contributed by atoms with Crippen molar-refractivity contribution in [2.45, 2.75) is 112 Å². The van der Waals surface area contributed by atoms with Gasteiger partial charge >= 0.3 is 6.09 Å². The molecule has 0 aliphatic carbocycles. The van der Waals surface area contributed by atoms with Crippen molar-refractivity contribution in [3.63, 3.8) is 0 Å². The van der Waals surface area contributed by atoms with Gasteiger partial charge in [-0.25, -0.2) is 4.79 Å². The predicted octanol–water partition coefficient (Wildman–Crippen LogP) is 5.05. The summed E-state index contributed by atoms with van der Waals surface area (Å²) in [5.74, 6) is -0.713. The van der Waals surface area contributed by atoms with Crippen molar-refractivity contribution >= 4 is 17.9 Å². The molecular weight excluding hydrogens is 430 g/mol. The fraction of sp³-hybridized carbons (Fsp3) is 0.667. The first-order valence-corrected chi connectivity index (χ1v) is 12.3. The number of alkyl carbamates (subject to hydrolysis) is 1. The number of nitrogens with zero attached hydrogens (tertiary/aromatic N) is 1. The average molecular weight is 476 g/mol. The minimum atomic E-state index is -0.833. The van der Waals surface area contributed by atoms with Gasteiger partial charge in [0.05, 0.1) is 0 Å². The Kier molecular flexibility index (Phi) is 10.6. The lowest BCUT2D eigenvalue weighted by molar-refractivity contribution is -0.145. The maximum absolute atomic E-state index is 14.0. The van der Waals surface area contributed by atoms with Gasteiger partial charge in [-0.2, -0.15) is 0 Å². The number of nitrogens with one attached hydrogen (secondary N) is 2. The number of benzene rings is 1. The van der Waals surface area contributed by atoms with Gasteiger partial charge in [-0.1, -0.05) is 49.6 Å². The van der Waals surface area contributed by atoms with Crippen LogP contribution >= 0.6 is 0 Å². The molecular formula is C27H45N3O4. The number of rotatable bonds is 9. The Hall–Kier alpha value is -2.57. The van der Waals surface area contributed by atoms with Crippen molar-refractivity contribution in [2.75, 3.05) is 0 Å². The zero-order valence-corrected chi connectivity index (χ0v) is 22.9. The summed E-state index contributed by atoms with van der Waals surface area (Å²) >= 11 is 0. The molecule has 1 rings (SSSR count). The molecule has 192 valence electrons. The second-order valence-electron chi connectivity index (χ2n) is 10.8. The predicted molar refractivity (Wildman–Crippen MR) is 137 cm³/mol. The van der Waals surface area contributed by atoms with Crippen LogP contribution in [0, 0.1) is 19.8 Å². The van der Waals surface area contributed by atoms with Crippen molar-refractivity contribution in [3.8, 4) is 0 Å². The highest BCUT2D eigenvalue weighted by Gasteiger charge is 2.39. The molecule has 34 heavy (non-hydrogen) atoms. The Labute approximate surface area is 206 Å². The average Bonchev–Trinajstić information content (AvgIpc) is 2.65. The summed E-state index contributed by atoms with van der Waals surface area (Å²) in [6, 6.07) is 3.88. The number of hydrogen-bond donors (Lipinski definition) is 2. The van der Waals surface area contributed by atoms with Crippen molar-refractivity contribution in [1.82, 2.24) is 15.5 Å². The summed E-state index contributed by atoms with van der Waals surface area (Å²) in [4.78, 5) is 41.7. The second kappa shape index (κ2) is 12.2. The maximum Gasteiger partial charge on any atom is 0.408 e. The second-order valence-corrected chi connectivity index (χ2v) is 10.8. The highest BCUT2D eigenvalue weighted by atomic mass is 16.6. The Balaban J connectivity index is 3.55. The van der Waals surface area contributed by atoms with E-state index in [9.17, 15) is 14.4 Å². The van der Waals surface area contributed by atoms with Crippen LogP contribution in [0.4, 0.5) is 4.79 Å². The Morgan fingerprint density at radius 3 is 1.88 bits per heavy atom. The van der Waals surface area contributed by atoms with E-state index in [0.717, 1.165) is 16.7 Å². The van der Waals surface area contributed by atoms with Crippen molar-refractivity contribution < 1.29 is 19.1 Å². The van der Waals surface area contributed by atoms with Crippen LogP contribution in [0.1, 0.15) is 91.5 Å². The monoisotopic (exact) mass is 475 g/mol. The molecule has 3 amide bonds. The van der Waals surface area contributed by atoms with Crippen LogP contribution in [-0.4, -0.2) is 46.5 Å². The molecule has 0 saturated carbocycles. The molecule has 0 spiro atoms. The summed E-state index contributed by atoms with van der Waals surface area (Å²) in [7, 11) is 0. The van der Waals surface area contributed by atoms with Gasteiger partial charge < -0.3 is 20.3 Å². The van der Waals surface area contributed by atoms with Crippen LogP contribution in [0.5, 0.6) is 0 Å². The zero-order valence-electron chi connectivity index (χ0n) is 22.9. The molecule has 0 bridgehead atoms.